The molecule has 1 fully saturated rings. The van der Waals surface area contributed by atoms with Crippen molar-refractivity contribution in [2.45, 2.75) is 19.3 Å². The van der Waals surface area contributed by atoms with Crippen molar-refractivity contribution in [3.63, 3.8) is 0 Å². The van der Waals surface area contributed by atoms with E-state index in [4.69, 9.17) is 9.47 Å². The molecular weight excluding hydrogens is 235 g/mol. The molecule has 0 saturated carbocycles. The van der Waals surface area contributed by atoms with Gasteiger partial charge < -0.3 is 9.47 Å². The highest BCUT2D eigenvalue weighted by atomic mass is 19.1. The maximum Gasteiger partial charge on any atom is 0.312 e. The summed E-state index contributed by atoms with van der Waals surface area (Å²) >= 11 is 0. The van der Waals surface area contributed by atoms with E-state index in [1.807, 2.05) is 0 Å². The van der Waals surface area contributed by atoms with Crippen LogP contribution < -0.4 is 0 Å². The molecule has 0 atom stereocenters. The largest absolute Gasteiger partial charge is 0.469 e. The number of hydrogen-bond acceptors (Lipinski definition) is 3. The van der Waals surface area contributed by atoms with E-state index in [2.05, 4.69) is 0 Å². The summed E-state index contributed by atoms with van der Waals surface area (Å²) in [4.78, 5) is 12.0. The van der Waals surface area contributed by atoms with E-state index in [0.29, 0.717) is 18.8 Å². The lowest BCUT2D eigenvalue weighted by molar-refractivity contribution is -0.175. The Balaban J connectivity index is 2.50. The second-order valence-corrected chi connectivity index (χ2v) is 5.17. The fraction of sp³-hybridized carbons (Fsp3) is 0.500. The van der Waals surface area contributed by atoms with Gasteiger partial charge in [-0.25, -0.2) is 4.39 Å². The fourth-order valence-corrected chi connectivity index (χ4v) is 2.46. The summed E-state index contributed by atoms with van der Waals surface area (Å²) in [7, 11) is 1.35. The number of methoxy groups -OCH3 is 1. The number of rotatable bonds is 3. The van der Waals surface area contributed by atoms with Crippen LogP contribution in [-0.4, -0.2) is 26.3 Å². The van der Waals surface area contributed by atoms with Crippen molar-refractivity contribution in [1.29, 1.82) is 0 Å². The summed E-state index contributed by atoms with van der Waals surface area (Å²) < 4.78 is 24.1. The van der Waals surface area contributed by atoms with E-state index in [0.717, 1.165) is 0 Å². The van der Waals surface area contributed by atoms with Crippen LogP contribution in [0.25, 0.3) is 0 Å². The standard InChI is InChI=1S/C14H17FO3/c1-13(2,12(16)17-3)14(8-18-9-14)10-6-4-5-7-11(10)15/h4-7H,8-9H2,1-3H3. The lowest BCUT2D eigenvalue weighted by atomic mass is 9.60. The summed E-state index contributed by atoms with van der Waals surface area (Å²) in [5.41, 5.74) is -0.958. The third kappa shape index (κ3) is 1.63. The summed E-state index contributed by atoms with van der Waals surface area (Å²) in [6.45, 7) is 4.20. The molecule has 18 heavy (non-hydrogen) atoms. The van der Waals surface area contributed by atoms with E-state index >= 15 is 0 Å². The van der Waals surface area contributed by atoms with Crippen molar-refractivity contribution in [1.82, 2.24) is 0 Å². The molecule has 0 aliphatic carbocycles. The molecule has 0 unspecified atom stereocenters. The average molecular weight is 252 g/mol. The molecule has 98 valence electrons. The van der Waals surface area contributed by atoms with Gasteiger partial charge in [-0.05, 0) is 25.5 Å². The van der Waals surface area contributed by atoms with Gasteiger partial charge in [-0.1, -0.05) is 18.2 Å². The third-order valence-electron chi connectivity index (χ3n) is 3.98. The van der Waals surface area contributed by atoms with Crippen LogP contribution in [0, 0.1) is 11.2 Å². The molecule has 0 radical (unpaired) electrons. The highest BCUT2D eigenvalue weighted by Gasteiger charge is 2.57. The summed E-state index contributed by atoms with van der Waals surface area (Å²) in [5.74, 6) is -0.660. The van der Waals surface area contributed by atoms with E-state index in [1.165, 1.54) is 13.2 Å². The Morgan fingerprint density at radius 2 is 2.00 bits per heavy atom. The van der Waals surface area contributed by atoms with Crippen LogP contribution in [0.5, 0.6) is 0 Å². The minimum absolute atomic E-state index is 0.308. The average Bonchev–Trinajstić information content (AvgIpc) is 2.28. The first-order chi connectivity index (χ1) is 8.45. The van der Waals surface area contributed by atoms with Crippen LogP contribution in [-0.2, 0) is 19.7 Å². The van der Waals surface area contributed by atoms with Crippen LogP contribution in [0.3, 0.4) is 0 Å². The molecule has 1 aromatic carbocycles. The van der Waals surface area contributed by atoms with Gasteiger partial charge in [0.15, 0.2) is 0 Å². The molecule has 0 aromatic heterocycles. The Morgan fingerprint density at radius 3 is 2.44 bits per heavy atom. The molecule has 1 aliphatic rings. The van der Waals surface area contributed by atoms with Crippen molar-refractivity contribution in [2.75, 3.05) is 20.3 Å². The minimum Gasteiger partial charge on any atom is -0.469 e. The van der Waals surface area contributed by atoms with Crippen molar-refractivity contribution >= 4 is 5.97 Å². The van der Waals surface area contributed by atoms with E-state index in [1.54, 1.807) is 32.0 Å². The van der Waals surface area contributed by atoms with Gasteiger partial charge in [-0.2, -0.15) is 0 Å². The maximum absolute atomic E-state index is 14.0. The molecule has 1 heterocycles. The number of hydrogen-bond donors (Lipinski definition) is 0. The Morgan fingerprint density at radius 1 is 1.39 bits per heavy atom. The highest BCUT2D eigenvalue weighted by Crippen LogP contribution is 2.48. The number of ether oxygens (including phenoxy) is 2. The molecule has 1 saturated heterocycles. The molecule has 1 aromatic rings. The fourth-order valence-electron chi connectivity index (χ4n) is 2.46. The number of benzene rings is 1. The zero-order valence-electron chi connectivity index (χ0n) is 10.8. The first-order valence-corrected chi connectivity index (χ1v) is 5.87. The van der Waals surface area contributed by atoms with Gasteiger partial charge in [0.25, 0.3) is 0 Å². The summed E-state index contributed by atoms with van der Waals surface area (Å²) in [6, 6.07) is 6.52. The second-order valence-electron chi connectivity index (χ2n) is 5.17. The predicted octanol–water partition coefficient (Wildman–Crippen LogP) is 2.29. The van der Waals surface area contributed by atoms with Crippen molar-refractivity contribution < 1.29 is 18.7 Å². The van der Waals surface area contributed by atoms with Gasteiger partial charge in [-0.15, -0.1) is 0 Å². The van der Waals surface area contributed by atoms with E-state index < -0.39 is 10.8 Å². The molecule has 1 aliphatic heterocycles. The van der Waals surface area contributed by atoms with Crippen LogP contribution in [0.15, 0.2) is 24.3 Å². The maximum atomic E-state index is 14.0. The molecule has 0 N–H and O–H groups in total. The number of carbonyl (C=O) groups is 1. The third-order valence-corrected chi connectivity index (χ3v) is 3.98. The highest BCUT2D eigenvalue weighted by molar-refractivity contribution is 5.78. The van der Waals surface area contributed by atoms with Gasteiger partial charge in [0.2, 0.25) is 0 Å². The monoisotopic (exact) mass is 252 g/mol. The Kier molecular flexibility index (Phi) is 3.15. The molecule has 0 amide bonds. The van der Waals surface area contributed by atoms with Gasteiger partial charge in [0.05, 0.1) is 31.2 Å². The summed E-state index contributed by atoms with van der Waals surface area (Å²) in [5, 5.41) is 0. The normalized spacial score (nSPS) is 18.0. The van der Waals surface area contributed by atoms with Crippen molar-refractivity contribution in [2.24, 2.45) is 5.41 Å². The van der Waals surface area contributed by atoms with E-state index in [-0.39, 0.29) is 11.8 Å². The quantitative estimate of drug-likeness (QED) is 0.774. The minimum atomic E-state index is -0.831. The molecule has 0 spiro atoms. The SMILES string of the molecule is COC(=O)C(C)(C)C1(c2ccccc2F)COC1. The number of carbonyl (C=O) groups excluding carboxylic acids is 1. The number of halogens is 1. The molecule has 0 bridgehead atoms. The molecule has 4 heteroatoms. The lowest BCUT2D eigenvalue weighted by Gasteiger charge is -2.50. The molecule has 3 nitrogen and oxygen atoms in total. The summed E-state index contributed by atoms with van der Waals surface area (Å²) in [6.07, 6.45) is 0. The van der Waals surface area contributed by atoms with Gasteiger partial charge in [0.1, 0.15) is 5.82 Å². The Hall–Kier alpha value is -1.42. The van der Waals surface area contributed by atoms with Gasteiger partial charge in [-0.3, -0.25) is 4.79 Å². The van der Waals surface area contributed by atoms with Crippen LogP contribution >= 0.6 is 0 Å². The predicted molar refractivity (Wildman–Crippen MR) is 64.7 cm³/mol. The second kappa shape index (κ2) is 4.35. The first-order valence-electron chi connectivity index (χ1n) is 5.87. The van der Waals surface area contributed by atoms with Crippen molar-refractivity contribution in [3.05, 3.63) is 35.6 Å². The van der Waals surface area contributed by atoms with Gasteiger partial charge in [0, 0.05) is 0 Å². The topological polar surface area (TPSA) is 35.5 Å². The Labute approximate surface area is 106 Å². The van der Waals surface area contributed by atoms with Crippen molar-refractivity contribution in [3.8, 4) is 0 Å². The zero-order chi connectivity index (χ0) is 13.4. The van der Waals surface area contributed by atoms with Crippen LogP contribution in [0.4, 0.5) is 4.39 Å². The van der Waals surface area contributed by atoms with Crippen LogP contribution in [0.1, 0.15) is 19.4 Å². The van der Waals surface area contributed by atoms with E-state index in [9.17, 15) is 9.18 Å². The zero-order valence-corrected chi connectivity index (χ0v) is 10.8. The smallest absolute Gasteiger partial charge is 0.312 e. The van der Waals surface area contributed by atoms with Crippen LogP contribution in [0.2, 0.25) is 0 Å². The number of esters is 1. The first kappa shape index (κ1) is 13.0. The lowest BCUT2D eigenvalue weighted by Crippen LogP contribution is -2.60. The molecule has 2 rings (SSSR count). The molecular formula is C14H17FO3. The Bertz CT molecular complexity index is 464. The van der Waals surface area contributed by atoms with Gasteiger partial charge >= 0.3 is 5.97 Å².